The van der Waals surface area contributed by atoms with Gasteiger partial charge in [0.1, 0.15) is 6.10 Å². The fraction of sp³-hybridized carbons (Fsp3) is 1.00. The normalized spacial score (nSPS) is 32.3. The van der Waals surface area contributed by atoms with Crippen LogP contribution in [0.2, 0.25) is 0 Å². The molecule has 0 aromatic carbocycles. The fourth-order valence-electron chi connectivity index (χ4n) is 1.52. The molecule has 0 amide bonds. The lowest BCUT2D eigenvalue weighted by Gasteiger charge is -2.30. The zero-order chi connectivity index (χ0) is 9.90. The van der Waals surface area contributed by atoms with Crippen molar-refractivity contribution in [1.82, 2.24) is 0 Å². The molecule has 0 aromatic heterocycles. The van der Waals surface area contributed by atoms with Crippen LogP contribution in [0.4, 0.5) is 0 Å². The Balaban J connectivity index is 2.75. The Morgan fingerprint density at radius 1 is 1.08 bits per heavy atom. The first-order valence-corrected chi connectivity index (χ1v) is 4.04. The predicted octanol–water partition coefficient (Wildman–Crippen LogP) is -0.00680. The largest absolute Gasteiger partial charge is 0.376 e. The molecule has 0 saturated carbocycles. The fourth-order valence-corrected chi connectivity index (χ4v) is 1.52. The summed E-state index contributed by atoms with van der Waals surface area (Å²) in [6.45, 7) is 0.399. The molecule has 5 heteroatoms. The smallest absolute Gasteiger partial charge is 0.313 e. The summed E-state index contributed by atoms with van der Waals surface area (Å²) in [5.74, 6) is -1.13. The topological polar surface area (TPSA) is 46.2 Å². The van der Waals surface area contributed by atoms with Crippen molar-refractivity contribution in [3.8, 4) is 0 Å². The Hall–Kier alpha value is -0.200. The van der Waals surface area contributed by atoms with E-state index in [1.165, 1.54) is 14.2 Å². The number of ether oxygens (including phenoxy) is 5. The van der Waals surface area contributed by atoms with Crippen molar-refractivity contribution in [2.45, 2.75) is 18.2 Å². The van der Waals surface area contributed by atoms with Crippen molar-refractivity contribution in [2.75, 3.05) is 35.0 Å². The highest BCUT2D eigenvalue weighted by atomic mass is 16.9. The van der Waals surface area contributed by atoms with Crippen LogP contribution < -0.4 is 0 Å². The van der Waals surface area contributed by atoms with E-state index < -0.39 is 5.97 Å². The molecule has 0 aromatic rings. The van der Waals surface area contributed by atoms with Crippen LogP contribution >= 0.6 is 0 Å². The van der Waals surface area contributed by atoms with E-state index in [1.807, 2.05) is 0 Å². The van der Waals surface area contributed by atoms with E-state index in [4.69, 9.17) is 23.7 Å². The second-order valence-electron chi connectivity index (χ2n) is 2.75. The minimum atomic E-state index is -1.13. The molecule has 1 fully saturated rings. The highest BCUT2D eigenvalue weighted by Crippen LogP contribution is 2.31. The molecular formula is C8H16O5. The first-order valence-electron chi connectivity index (χ1n) is 4.04. The van der Waals surface area contributed by atoms with E-state index in [1.54, 1.807) is 14.2 Å². The van der Waals surface area contributed by atoms with Crippen LogP contribution in [0.5, 0.6) is 0 Å². The van der Waals surface area contributed by atoms with Gasteiger partial charge in [-0.05, 0) is 0 Å². The van der Waals surface area contributed by atoms with Gasteiger partial charge in [0.25, 0.3) is 0 Å². The molecule has 0 bridgehead atoms. The highest BCUT2D eigenvalue weighted by Gasteiger charge is 2.52. The third-order valence-corrected chi connectivity index (χ3v) is 2.26. The Morgan fingerprint density at radius 2 is 1.69 bits per heavy atom. The van der Waals surface area contributed by atoms with Crippen LogP contribution in [0.3, 0.4) is 0 Å². The third kappa shape index (κ3) is 1.70. The molecule has 1 aliphatic rings. The predicted molar refractivity (Wildman–Crippen MR) is 44.3 cm³/mol. The number of hydrogen-bond donors (Lipinski definition) is 0. The average Bonchev–Trinajstić information content (AvgIpc) is 2.55. The molecule has 1 saturated heterocycles. The molecule has 1 heterocycles. The van der Waals surface area contributed by atoms with Gasteiger partial charge in [-0.2, -0.15) is 0 Å². The summed E-state index contributed by atoms with van der Waals surface area (Å²) in [6.07, 6.45) is -0.530. The van der Waals surface area contributed by atoms with Gasteiger partial charge in [-0.3, -0.25) is 0 Å². The summed E-state index contributed by atoms with van der Waals surface area (Å²) in [7, 11) is 6.18. The zero-order valence-corrected chi connectivity index (χ0v) is 8.40. The van der Waals surface area contributed by atoms with E-state index in [0.717, 1.165) is 0 Å². The summed E-state index contributed by atoms with van der Waals surface area (Å²) in [5, 5.41) is 0. The molecular weight excluding hydrogens is 176 g/mol. The van der Waals surface area contributed by atoms with Crippen LogP contribution in [-0.4, -0.2) is 53.2 Å². The highest BCUT2D eigenvalue weighted by molar-refractivity contribution is 4.86. The Bertz CT molecular complexity index is 157. The monoisotopic (exact) mass is 192 g/mol. The molecule has 0 N–H and O–H groups in total. The molecule has 5 nitrogen and oxygen atoms in total. The Labute approximate surface area is 77.9 Å². The summed E-state index contributed by atoms with van der Waals surface area (Å²) in [6, 6.07) is 0. The lowest BCUT2D eigenvalue weighted by atomic mass is 10.2. The Morgan fingerprint density at radius 3 is 2.08 bits per heavy atom. The molecule has 0 spiro atoms. The Kier molecular flexibility index (Phi) is 3.63. The van der Waals surface area contributed by atoms with Gasteiger partial charge in [0.05, 0.1) is 6.61 Å². The van der Waals surface area contributed by atoms with Crippen LogP contribution in [0, 0.1) is 0 Å². The minimum Gasteiger partial charge on any atom is -0.376 e. The van der Waals surface area contributed by atoms with E-state index in [0.29, 0.717) is 6.61 Å². The SMILES string of the molecule is CO[C@@H]1[C@H](OC)COC1(OC)OC. The number of rotatable bonds is 4. The quantitative estimate of drug-likeness (QED) is 0.586. The zero-order valence-electron chi connectivity index (χ0n) is 8.40. The molecule has 2 atom stereocenters. The van der Waals surface area contributed by atoms with Crippen molar-refractivity contribution in [3.05, 3.63) is 0 Å². The first-order chi connectivity index (χ1) is 6.24. The number of methoxy groups -OCH3 is 4. The first kappa shape index (κ1) is 10.9. The molecule has 1 rings (SSSR count). The number of hydrogen-bond acceptors (Lipinski definition) is 5. The van der Waals surface area contributed by atoms with Gasteiger partial charge in [0.2, 0.25) is 0 Å². The van der Waals surface area contributed by atoms with E-state index in [9.17, 15) is 0 Å². The molecule has 78 valence electrons. The van der Waals surface area contributed by atoms with Crippen molar-refractivity contribution in [3.63, 3.8) is 0 Å². The van der Waals surface area contributed by atoms with Crippen molar-refractivity contribution >= 4 is 0 Å². The van der Waals surface area contributed by atoms with E-state index >= 15 is 0 Å². The lowest BCUT2D eigenvalue weighted by molar-refractivity contribution is -0.372. The standard InChI is InChI=1S/C8H16O5/c1-9-6-5-13-8(11-3,12-4)7(6)10-2/h6-7H,5H2,1-4H3/t6-,7-/m1/s1. The van der Waals surface area contributed by atoms with Gasteiger partial charge < -0.3 is 23.7 Å². The van der Waals surface area contributed by atoms with Crippen LogP contribution in [-0.2, 0) is 23.7 Å². The summed E-state index contributed by atoms with van der Waals surface area (Å²) in [5.41, 5.74) is 0. The van der Waals surface area contributed by atoms with Gasteiger partial charge in [0, 0.05) is 28.4 Å². The second-order valence-corrected chi connectivity index (χ2v) is 2.75. The lowest BCUT2D eigenvalue weighted by Crippen LogP contribution is -2.47. The average molecular weight is 192 g/mol. The van der Waals surface area contributed by atoms with Crippen molar-refractivity contribution < 1.29 is 23.7 Å². The van der Waals surface area contributed by atoms with Gasteiger partial charge in [-0.1, -0.05) is 0 Å². The van der Waals surface area contributed by atoms with Gasteiger partial charge in [0.15, 0.2) is 6.10 Å². The van der Waals surface area contributed by atoms with Gasteiger partial charge in [-0.25, -0.2) is 0 Å². The third-order valence-electron chi connectivity index (χ3n) is 2.26. The van der Waals surface area contributed by atoms with E-state index in [-0.39, 0.29) is 12.2 Å². The van der Waals surface area contributed by atoms with Gasteiger partial charge >= 0.3 is 5.97 Å². The second kappa shape index (κ2) is 4.34. The maximum atomic E-state index is 5.35. The molecule has 0 radical (unpaired) electrons. The summed E-state index contributed by atoms with van der Waals surface area (Å²) >= 11 is 0. The maximum absolute atomic E-state index is 5.35. The molecule has 13 heavy (non-hydrogen) atoms. The van der Waals surface area contributed by atoms with Gasteiger partial charge in [-0.15, -0.1) is 0 Å². The van der Waals surface area contributed by atoms with Crippen LogP contribution in [0.25, 0.3) is 0 Å². The molecule has 0 unspecified atom stereocenters. The minimum absolute atomic E-state index is 0.162. The summed E-state index contributed by atoms with van der Waals surface area (Å²) < 4.78 is 26.0. The van der Waals surface area contributed by atoms with E-state index in [2.05, 4.69) is 0 Å². The van der Waals surface area contributed by atoms with Crippen molar-refractivity contribution in [1.29, 1.82) is 0 Å². The molecule has 1 aliphatic heterocycles. The van der Waals surface area contributed by atoms with Crippen LogP contribution in [0.15, 0.2) is 0 Å². The summed E-state index contributed by atoms with van der Waals surface area (Å²) in [4.78, 5) is 0. The van der Waals surface area contributed by atoms with Crippen molar-refractivity contribution in [2.24, 2.45) is 0 Å². The molecule has 0 aliphatic carbocycles. The van der Waals surface area contributed by atoms with Crippen LogP contribution in [0.1, 0.15) is 0 Å². The maximum Gasteiger partial charge on any atom is 0.313 e.